The van der Waals surface area contributed by atoms with E-state index in [0.29, 0.717) is 12.1 Å². The molecule has 0 spiro atoms. The zero-order valence-corrected chi connectivity index (χ0v) is 7.92. The number of furan rings is 1. The van der Waals surface area contributed by atoms with Crippen LogP contribution in [-0.2, 0) is 0 Å². The van der Waals surface area contributed by atoms with Crippen LogP contribution >= 0.6 is 0 Å². The van der Waals surface area contributed by atoms with Crippen molar-refractivity contribution >= 4 is 0 Å². The van der Waals surface area contributed by atoms with Crippen LogP contribution in [-0.4, -0.2) is 19.1 Å². The zero-order valence-electron chi connectivity index (χ0n) is 7.92. The van der Waals surface area contributed by atoms with Gasteiger partial charge in [0.25, 0.3) is 0 Å². The van der Waals surface area contributed by atoms with Crippen LogP contribution in [0.15, 0.2) is 22.8 Å². The van der Waals surface area contributed by atoms with Crippen molar-refractivity contribution in [2.45, 2.75) is 25.4 Å². The number of hydrogen-bond donors (Lipinski definition) is 2. The molecule has 0 amide bonds. The van der Waals surface area contributed by atoms with Gasteiger partial charge >= 0.3 is 0 Å². The summed E-state index contributed by atoms with van der Waals surface area (Å²) in [6, 6.07) is 4.86. The van der Waals surface area contributed by atoms with Crippen molar-refractivity contribution < 1.29 is 4.42 Å². The van der Waals surface area contributed by atoms with Gasteiger partial charge in [0.2, 0.25) is 0 Å². The van der Waals surface area contributed by atoms with E-state index in [4.69, 9.17) is 4.42 Å². The smallest absolute Gasteiger partial charge is 0.120 e. The van der Waals surface area contributed by atoms with E-state index in [1.165, 1.54) is 6.42 Å². The monoisotopic (exact) mass is 180 g/mol. The van der Waals surface area contributed by atoms with Crippen LogP contribution in [0.2, 0.25) is 0 Å². The van der Waals surface area contributed by atoms with E-state index in [2.05, 4.69) is 17.6 Å². The maximum atomic E-state index is 5.32. The third-order valence-electron chi connectivity index (χ3n) is 2.52. The number of nitrogens with one attached hydrogen (secondary N) is 2. The maximum absolute atomic E-state index is 5.32. The van der Waals surface area contributed by atoms with Crippen LogP contribution in [0.4, 0.5) is 0 Å². The van der Waals surface area contributed by atoms with Gasteiger partial charge in [0.05, 0.1) is 12.3 Å². The molecule has 2 N–H and O–H groups in total. The summed E-state index contributed by atoms with van der Waals surface area (Å²) in [4.78, 5) is 0. The third kappa shape index (κ3) is 2.11. The molecule has 0 saturated carbocycles. The van der Waals surface area contributed by atoms with Crippen LogP contribution in [0, 0.1) is 0 Å². The average Bonchev–Trinajstić information content (AvgIpc) is 2.74. The highest BCUT2D eigenvalue weighted by Crippen LogP contribution is 2.14. The second-order valence-corrected chi connectivity index (χ2v) is 3.59. The van der Waals surface area contributed by atoms with Crippen LogP contribution in [0.3, 0.4) is 0 Å². The molecule has 3 heteroatoms. The van der Waals surface area contributed by atoms with Gasteiger partial charge in [-0.1, -0.05) is 0 Å². The Kier molecular flexibility index (Phi) is 2.66. The van der Waals surface area contributed by atoms with Crippen molar-refractivity contribution in [2.75, 3.05) is 13.1 Å². The predicted molar refractivity (Wildman–Crippen MR) is 51.5 cm³/mol. The largest absolute Gasteiger partial charge is 0.468 e. The van der Waals surface area contributed by atoms with Crippen molar-refractivity contribution in [1.29, 1.82) is 0 Å². The van der Waals surface area contributed by atoms with E-state index in [1.807, 2.05) is 12.1 Å². The second kappa shape index (κ2) is 3.94. The van der Waals surface area contributed by atoms with Crippen LogP contribution in [0.25, 0.3) is 0 Å². The summed E-state index contributed by atoms with van der Waals surface area (Å²) in [5, 5.41) is 6.85. The minimum Gasteiger partial charge on any atom is -0.468 e. The van der Waals surface area contributed by atoms with E-state index < -0.39 is 0 Å². The molecule has 0 aromatic carbocycles. The molecule has 1 aromatic rings. The molecule has 2 atom stereocenters. The van der Waals surface area contributed by atoms with Gasteiger partial charge in [0.1, 0.15) is 5.76 Å². The maximum Gasteiger partial charge on any atom is 0.120 e. The highest BCUT2D eigenvalue weighted by molar-refractivity contribution is 5.03. The molecule has 1 fully saturated rings. The molecular weight excluding hydrogens is 164 g/mol. The summed E-state index contributed by atoms with van der Waals surface area (Å²) in [7, 11) is 0. The molecule has 0 aliphatic carbocycles. The van der Waals surface area contributed by atoms with Crippen molar-refractivity contribution in [1.82, 2.24) is 10.6 Å². The van der Waals surface area contributed by atoms with Gasteiger partial charge in [-0.3, -0.25) is 0 Å². The Bertz CT molecular complexity index is 239. The molecule has 2 heterocycles. The van der Waals surface area contributed by atoms with Gasteiger partial charge in [0, 0.05) is 12.6 Å². The second-order valence-electron chi connectivity index (χ2n) is 3.59. The summed E-state index contributed by atoms with van der Waals surface area (Å²) in [5.41, 5.74) is 0. The minimum absolute atomic E-state index is 0.319. The molecule has 72 valence electrons. The van der Waals surface area contributed by atoms with E-state index in [1.54, 1.807) is 6.26 Å². The molecule has 0 bridgehead atoms. The minimum atomic E-state index is 0.319. The number of hydrogen-bond acceptors (Lipinski definition) is 3. The van der Waals surface area contributed by atoms with Crippen molar-refractivity contribution in [2.24, 2.45) is 0 Å². The van der Waals surface area contributed by atoms with E-state index in [9.17, 15) is 0 Å². The van der Waals surface area contributed by atoms with Crippen LogP contribution in [0.1, 0.15) is 25.1 Å². The Morgan fingerprint density at radius 3 is 3.23 bits per heavy atom. The molecule has 13 heavy (non-hydrogen) atoms. The van der Waals surface area contributed by atoms with Gasteiger partial charge in [-0.05, 0) is 32.0 Å². The predicted octanol–water partition coefficient (Wildman–Crippen LogP) is 1.29. The Morgan fingerprint density at radius 2 is 2.62 bits per heavy atom. The molecule has 1 saturated heterocycles. The Balaban J connectivity index is 1.87. The topological polar surface area (TPSA) is 37.2 Å². The first-order valence-corrected chi connectivity index (χ1v) is 4.86. The van der Waals surface area contributed by atoms with Gasteiger partial charge in [0.15, 0.2) is 0 Å². The fraction of sp³-hybridized carbons (Fsp3) is 0.600. The van der Waals surface area contributed by atoms with Gasteiger partial charge in [-0.15, -0.1) is 0 Å². The molecule has 1 aliphatic heterocycles. The summed E-state index contributed by atoms with van der Waals surface area (Å²) in [5.74, 6) is 1.02. The molecule has 0 radical (unpaired) electrons. The zero-order chi connectivity index (χ0) is 9.10. The summed E-state index contributed by atoms with van der Waals surface area (Å²) in [6.45, 7) is 4.34. The van der Waals surface area contributed by atoms with Gasteiger partial charge in [-0.25, -0.2) is 0 Å². The van der Waals surface area contributed by atoms with Gasteiger partial charge in [-0.2, -0.15) is 0 Å². The summed E-state index contributed by atoms with van der Waals surface area (Å²) >= 11 is 0. The lowest BCUT2D eigenvalue weighted by Crippen LogP contribution is -2.32. The highest BCUT2D eigenvalue weighted by atomic mass is 16.3. The molecule has 0 unspecified atom stereocenters. The standard InChI is InChI=1S/C10H16N2O/c1-8(10-3-2-6-13-10)12-9-4-5-11-7-9/h2-3,6,8-9,11-12H,4-5,7H2,1H3/t8-,9+/m0/s1. The van der Waals surface area contributed by atoms with Crippen molar-refractivity contribution in [3.63, 3.8) is 0 Å². The molecular formula is C10H16N2O. The fourth-order valence-electron chi connectivity index (χ4n) is 1.77. The lowest BCUT2D eigenvalue weighted by Gasteiger charge is -2.16. The molecule has 3 nitrogen and oxygen atoms in total. The van der Waals surface area contributed by atoms with E-state index in [0.717, 1.165) is 18.8 Å². The SMILES string of the molecule is C[C@H](N[C@@H]1CCNC1)c1ccco1. The van der Waals surface area contributed by atoms with Crippen molar-refractivity contribution in [3.05, 3.63) is 24.2 Å². The average molecular weight is 180 g/mol. The lowest BCUT2D eigenvalue weighted by atomic mass is 10.2. The molecule has 1 aromatic heterocycles. The highest BCUT2D eigenvalue weighted by Gasteiger charge is 2.17. The molecule has 2 rings (SSSR count). The summed E-state index contributed by atoms with van der Waals surface area (Å²) < 4.78 is 5.32. The van der Waals surface area contributed by atoms with E-state index in [-0.39, 0.29) is 0 Å². The fourth-order valence-corrected chi connectivity index (χ4v) is 1.77. The van der Waals surface area contributed by atoms with Crippen LogP contribution < -0.4 is 10.6 Å². The van der Waals surface area contributed by atoms with Gasteiger partial charge < -0.3 is 15.1 Å². The molecule has 1 aliphatic rings. The third-order valence-corrected chi connectivity index (χ3v) is 2.52. The Labute approximate surface area is 78.5 Å². The Hall–Kier alpha value is -0.800. The quantitative estimate of drug-likeness (QED) is 0.736. The van der Waals surface area contributed by atoms with Crippen LogP contribution in [0.5, 0.6) is 0 Å². The first kappa shape index (κ1) is 8.78. The lowest BCUT2D eigenvalue weighted by molar-refractivity contribution is 0.397. The normalized spacial score (nSPS) is 24.8. The Morgan fingerprint density at radius 1 is 1.69 bits per heavy atom. The first-order chi connectivity index (χ1) is 6.36. The van der Waals surface area contributed by atoms with Crippen molar-refractivity contribution in [3.8, 4) is 0 Å². The first-order valence-electron chi connectivity index (χ1n) is 4.86. The number of rotatable bonds is 3. The van der Waals surface area contributed by atoms with E-state index >= 15 is 0 Å². The summed E-state index contributed by atoms with van der Waals surface area (Å²) in [6.07, 6.45) is 2.94.